The summed E-state index contributed by atoms with van der Waals surface area (Å²) in [5, 5.41) is 14.6. The van der Waals surface area contributed by atoms with Crippen LogP contribution in [0.25, 0.3) is 0 Å². The molecule has 0 saturated carbocycles. The number of hydrogen-bond acceptors (Lipinski definition) is 7. The number of carbonyl (C=O) groups is 3. The van der Waals surface area contributed by atoms with Crippen LogP contribution in [0, 0.1) is 0 Å². The van der Waals surface area contributed by atoms with Crippen LogP contribution in [0.3, 0.4) is 0 Å². The fourth-order valence-electron chi connectivity index (χ4n) is 3.43. The fraction of sp³-hybridized carbons (Fsp3) is 0.440. The Balaban J connectivity index is 1.81. The molecule has 1 unspecified atom stereocenters. The number of esters is 1. The Morgan fingerprint density at radius 2 is 1.68 bits per heavy atom. The number of hydroxylamine groups is 1. The van der Waals surface area contributed by atoms with Gasteiger partial charge in [0.05, 0.1) is 18.5 Å². The smallest absolute Gasteiger partial charge is 0.323 e. The van der Waals surface area contributed by atoms with Gasteiger partial charge in [-0.25, -0.2) is 5.48 Å². The second-order valence-corrected chi connectivity index (χ2v) is 7.95. The highest BCUT2D eigenvalue weighted by Gasteiger charge is 2.20. The van der Waals surface area contributed by atoms with Gasteiger partial charge in [-0.15, -0.1) is 0 Å². The van der Waals surface area contributed by atoms with Crippen LogP contribution in [0.5, 0.6) is 0 Å². The molecule has 2 aromatic rings. The molecule has 0 spiro atoms. The second kappa shape index (κ2) is 15.5. The predicted octanol–water partition coefficient (Wildman–Crippen LogP) is 3.13. The van der Waals surface area contributed by atoms with Crippen molar-refractivity contribution in [2.24, 2.45) is 0 Å². The van der Waals surface area contributed by atoms with Crippen LogP contribution < -0.4 is 16.1 Å². The van der Waals surface area contributed by atoms with E-state index in [0.29, 0.717) is 44.5 Å². The van der Waals surface area contributed by atoms with Crippen LogP contribution in [0.15, 0.2) is 48.8 Å². The van der Waals surface area contributed by atoms with Crippen LogP contribution in [-0.4, -0.2) is 40.6 Å². The number of aromatic nitrogens is 1. The average Bonchev–Trinajstić information content (AvgIpc) is 2.84. The molecule has 0 aliphatic heterocycles. The molecule has 0 radical (unpaired) electrons. The van der Waals surface area contributed by atoms with E-state index in [1.165, 1.54) is 0 Å². The Labute approximate surface area is 200 Å². The number of carbonyl (C=O) groups excluding carboxylic acids is 3. The molecule has 2 amide bonds. The molecule has 9 nitrogen and oxygen atoms in total. The van der Waals surface area contributed by atoms with E-state index in [0.717, 1.165) is 24.0 Å². The van der Waals surface area contributed by atoms with Gasteiger partial charge in [-0.3, -0.25) is 29.9 Å². The van der Waals surface area contributed by atoms with Gasteiger partial charge >= 0.3 is 5.97 Å². The molecule has 1 aromatic carbocycles. The van der Waals surface area contributed by atoms with Crippen molar-refractivity contribution in [3.63, 3.8) is 0 Å². The van der Waals surface area contributed by atoms with E-state index >= 15 is 0 Å². The van der Waals surface area contributed by atoms with Crippen LogP contribution in [0.1, 0.15) is 56.6 Å². The average molecular weight is 471 g/mol. The monoisotopic (exact) mass is 470 g/mol. The highest BCUT2D eigenvalue weighted by atomic mass is 16.5. The lowest BCUT2D eigenvalue weighted by atomic mass is 10.1. The molecule has 9 heteroatoms. The molecule has 1 aromatic heterocycles. The van der Waals surface area contributed by atoms with Gasteiger partial charge in [0.25, 0.3) is 0 Å². The van der Waals surface area contributed by atoms with Crippen molar-refractivity contribution in [3.8, 4) is 0 Å². The lowest BCUT2D eigenvalue weighted by Gasteiger charge is -2.17. The normalized spacial score (nSPS) is 11.5. The zero-order valence-electron chi connectivity index (χ0n) is 19.6. The first-order chi connectivity index (χ1) is 16.5. The van der Waals surface area contributed by atoms with Crippen molar-refractivity contribution in [1.29, 1.82) is 0 Å². The first-order valence-corrected chi connectivity index (χ1v) is 11.6. The zero-order valence-corrected chi connectivity index (χ0v) is 19.6. The standard InChI is InChI=1S/C25H34N4O5/c1-2-34-25(32)22(15-19-10-6-5-7-11-19)27-17-20-14-21(18-26-16-20)28-23(30)12-8-3-4-9-13-24(31)29-33/h5-7,10-11,14,16,18,22,27,33H,2-4,8-9,12-13,15,17H2,1H3,(H,28,30)(H,29,31). The van der Waals surface area contributed by atoms with Crippen molar-refractivity contribution in [1.82, 2.24) is 15.8 Å². The Morgan fingerprint density at radius 3 is 2.35 bits per heavy atom. The maximum Gasteiger partial charge on any atom is 0.323 e. The van der Waals surface area contributed by atoms with Crippen LogP contribution >= 0.6 is 0 Å². The van der Waals surface area contributed by atoms with Crippen molar-refractivity contribution in [2.45, 2.75) is 64.5 Å². The summed E-state index contributed by atoms with van der Waals surface area (Å²) in [4.78, 5) is 39.8. The number of amides is 2. The number of unbranched alkanes of at least 4 members (excludes halogenated alkanes) is 3. The topological polar surface area (TPSA) is 130 Å². The summed E-state index contributed by atoms with van der Waals surface area (Å²) < 4.78 is 5.22. The second-order valence-electron chi connectivity index (χ2n) is 7.95. The predicted molar refractivity (Wildman–Crippen MR) is 128 cm³/mol. The molecule has 34 heavy (non-hydrogen) atoms. The summed E-state index contributed by atoms with van der Waals surface area (Å²) in [6.07, 6.45) is 7.45. The highest BCUT2D eigenvalue weighted by molar-refractivity contribution is 5.90. The molecule has 0 saturated heterocycles. The number of nitrogens with one attached hydrogen (secondary N) is 3. The van der Waals surface area contributed by atoms with Gasteiger partial charge in [-0.05, 0) is 43.4 Å². The third kappa shape index (κ3) is 10.5. The van der Waals surface area contributed by atoms with E-state index in [1.807, 2.05) is 36.4 Å². The number of benzene rings is 1. The maximum atomic E-state index is 12.4. The van der Waals surface area contributed by atoms with Gasteiger partial charge in [-0.1, -0.05) is 43.2 Å². The van der Waals surface area contributed by atoms with E-state index in [2.05, 4.69) is 15.6 Å². The Bertz CT molecular complexity index is 907. The molecule has 0 bridgehead atoms. The summed E-state index contributed by atoms with van der Waals surface area (Å²) >= 11 is 0. The summed E-state index contributed by atoms with van der Waals surface area (Å²) in [6, 6.07) is 11.1. The molecule has 0 fully saturated rings. The third-order valence-corrected chi connectivity index (χ3v) is 5.17. The van der Waals surface area contributed by atoms with E-state index in [1.54, 1.807) is 24.8 Å². The molecule has 0 aliphatic carbocycles. The minimum Gasteiger partial charge on any atom is -0.465 e. The Morgan fingerprint density at radius 1 is 0.971 bits per heavy atom. The number of pyridine rings is 1. The Hall–Kier alpha value is -3.30. The Kier molecular flexibility index (Phi) is 12.3. The molecule has 2 rings (SSSR count). The van der Waals surface area contributed by atoms with Crippen LogP contribution in [-0.2, 0) is 32.1 Å². The third-order valence-electron chi connectivity index (χ3n) is 5.17. The summed E-state index contributed by atoms with van der Waals surface area (Å²) in [5.41, 5.74) is 4.07. The van der Waals surface area contributed by atoms with Gasteiger partial charge < -0.3 is 10.1 Å². The molecule has 1 heterocycles. The molecule has 4 N–H and O–H groups in total. The largest absolute Gasteiger partial charge is 0.465 e. The molecular weight excluding hydrogens is 436 g/mol. The molecule has 0 aliphatic rings. The minimum atomic E-state index is -0.496. The SMILES string of the molecule is CCOC(=O)C(Cc1ccccc1)NCc1cncc(NC(=O)CCCCCCC(=O)NO)c1. The first-order valence-electron chi connectivity index (χ1n) is 11.6. The summed E-state index contributed by atoms with van der Waals surface area (Å²) in [7, 11) is 0. The number of ether oxygens (including phenoxy) is 1. The molecule has 184 valence electrons. The molecule has 1 atom stereocenters. The highest BCUT2D eigenvalue weighted by Crippen LogP contribution is 2.12. The quantitative estimate of drug-likeness (QED) is 0.136. The van der Waals surface area contributed by atoms with Gasteiger partial charge in [0.2, 0.25) is 11.8 Å². The van der Waals surface area contributed by atoms with E-state index in [-0.39, 0.29) is 18.3 Å². The number of rotatable bonds is 15. The lowest BCUT2D eigenvalue weighted by Crippen LogP contribution is -2.39. The van der Waals surface area contributed by atoms with E-state index in [9.17, 15) is 14.4 Å². The fourth-order valence-corrected chi connectivity index (χ4v) is 3.43. The zero-order chi connectivity index (χ0) is 24.6. The van der Waals surface area contributed by atoms with E-state index < -0.39 is 11.9 Å². The maximum absolute atomic E-state index is 12.4. The van der Waals surface area contributed by atoms with Crippen LogP contribution in [0.4, 0.5) is 5.69 Å². The van der Waals surface area contributed by atoms with Crippen molar-refractivity contribution in [2.75, 3.05) is 11.9 Å². The van der Waals surface area contributed by atoms with Crippen molar-refractivity contribution >= 4 is 23.5 Å². The van der Waals surface area contributed by atoms with E-state index in [4.69, 9.17) is 9.94 Å². The number of hydrogen-bond donors (Lipinski definition) is 4. The van der Waals surface area contributed by atoms with Gasteiger partial charge in [0.15, 0.2) is 0 Å². The van der Waals surface area contributed by atoms with Crippen LogP contribution in [0.2, 0.25) is 0 Å². The van der Waals surface area contributed by atoms with Crippen molar-refractivity contribution in [3.05, 3.63) is 59.9 Å². The van der Waals surface area contributed by atoms with Crippen molar-refractivity contribution < 1.29 is 24.3 Å². The van der Waals surface area contributed by atoms with Gasteiger partial charge in [0.1, 0.15) is 6.04 Å². The van der Waals surface area contributed by atoms with Gasteiger partial charge in [-0.2, -0.15) is 0 Å². The molecular formula is C25H34N4O5. The number of nitrogens with zero attached hydrogens (tertiary/aromatic N) is 1. The number of anilines is 1. The summed E-state index contributed by atoms with van der Waals surface area (Å²) in [5.74, 6) is -0.803. The minimum absolute atomic E-state index is 0.103. The van der Waals surface area contributed by atoms with Gasteiger partial charge in [0, 0.05) is 25.6 Å². The summed E-state index contributed by atoms with van der Waals surface area (Å²) in [6.45, 7) is 2.49. The first kappa shape index (κ1) is 26.9. The lowest BCUT2D eigenvalue weighted by molar-refractivity contribution is -0.145.